The molecule has 5 nitrogen and oxygen atoms in total. The first-order chi connectivity index (χ1) is 9.29. The predicted octanol–water partition coefficient (Wildman–Crippen LogP) is 0.790. The van der Waals surface area contributed by atoms with Crippen LogP contribution in [-0.2, 0) is 4.74 Å². The van der Waals surface area contributed by atoms with E-state index in [4.69, 9.17) is 4.74 Å². The molecule has 0 radical (unpaired) electrons. The van der Waals surface area contributed by atoms with Gasteiger partial charge in [-0.15, -0.1) is 0 Å². The fourth-order valence-electron chi connectivity index (χ4n) is 2.17. The van der Waals surface area contributed by atoms with E-state index in [9.17, 15) is 4.79 Å². The van der Waals surface area contributed by atoms with Crippen molar-refractivity contribution in [2.45, 2.75) is 0 Å². The van der Waals surface area contributed by atoms with Gasteiger partial charge < -0.3 is 15.4 Å². The summed E-state index contributed by atoms with van der Waals surface area (Å²) in [5.74, 6) is -0.300. The lowest BCUT2D eigenvalue weighted by Gasteiger charge is -2.27. The molecule has 104 valence electrons. The molecule has 0 unspecified atom stereocenters. The van der Waals surface area contributed by atoms with Gasteiger partial charge >= 0.3 is 5.97 Å². The number of nitrogens with one attached hydrogen (secondary N) is 2. The van der Waals surface area contributed by atoms with Crippen molar-refractivity contribution in [1.82, 2.24) is 10.2 Å². The number of benzene rings is 1. The number of anilines is 1. The Morgan fingerprint density at radius 3 is 2.95 bits per heavy atom. The van der Waals surface area contributed by atoms with Crippen LogP contribution < -0.4 is 10.6 Å². The lowest BCUT2D eigenvalue weighted by atomic mass is 10.2. The van der Waals surface area contributed by atoms with E-state index in [1.165, 1.54) is 7.11 Å². The van der Waals surface area contributed by atoms with Crippen molar-refractivity contribution >= 4 is 11.7 Å². The van der Waals surface area contributed by atoms with E-state index in [1.54, 1.807) is 6.07 Å². The average molecular weight is 263 g/mol. The van der Waals surface area contributed by atoms with Crippen molar-refractivity contribution in [3.8, 4) is 0 Å². The van der Waals surface area contributed by atoms with Gasteiger partial charge in [-0.2, -0.15) is 0 Å². The molecule has 0 amide bonds. The molecule has 2 N–H and O–H groups in total. The van der Waals surface area contributed by atoms with Crippen LogP contribution in [0.4, 0.5) is 5.69 Å². The van der Waals surface area contributed by atoms with Crippen LogP contribution >= 0.6 is 0 Å². The zero-order chi connectivity index (χ0) is 13.5. The summed E-state index contributed by atoms with van der Waals surface area (Å²) in [6, 6.07) is 7.40. The van der Waals surface area contributed by atoms with Gasteiger partial charge in [0.1, 0.15) is 0 Å². The quantitative estimate of drug-likeness (QED) is 0.769. The van der Waals surface area contributed by atoms with E-state index in [-0.39, 0.29) is 5.97 Å². The molecule has 0 spiro atoms. The summed E-state index contributed by atoms with van der Waals surface area (Å²) in [5.41, 5.74) is 1.53. The maximum atomic E-state index is 11.4. The highest BCUT2D eigenvalue weighted by Gasteiger charge is 2.09. The summed E-state index contributed by atoms with van der Waals surface area (Å²) in [5, 5.41) is 6.68. The Hall–Kier alpha value is -1.59. The molecule has 0 bridgehead atoms. The smallest absolute Gasteiger partial charge is 0.337 e. The normalized spacial score (nSPS) is 16.1. The largest absolute Gasteiger partial charge is 0.465 e. The summed E-state index contributed by atoms with van der Waals surface area (Å²) in [6.07, 6.45) is 0. The van der Waals surface area contributed by atoms with Crippen molar-refractivity contribution in [2.24, 2.45) is 0 Å². The lowest BCUT2D eigenvalue weighted by Crippen LogP contribution is -2.45. The number of ether oxygens (including phenoxy) is 1. The zero-order valence-electron chi connectivity index (χ0n) is 11.3. The number of hydrogen-bond donors (Lipinski definition) is 2. The van der Waals surface area contributed by atoms with Gasteiger partial charge in [0.15, 0.2) is 0 Å². The Balaban J connectivity index is 1.80. The fraction of sp³-hybridized carbons (Fsp3) is 0.500. The Morgan fingerprint density at radius 1 is 1.42 bits per heavy atom. The second-order valence-electron chi connectivity index (χ2n) is 4.59. The fourth-order valence-corrected chi connectivity index (χ4v) is 2.17. The third-order valence-electron chi connectivity index (χ3n) is 3.25. The van der Waals surface area contributed by atoms with Crippen molar-refractivity contribution < 1.29 is 9.53 Å². The van der Waals surface area contributed by atoms with Crippen molar-refractivity contribution in [2.75, 3.05) is 51.7 Å². The summed E-state index contributed by atoms with van der Waals surface area (Å²) < 4.78 is 4.71. The van der Waals surface area contributed by atoms with Gasteiger partial charge in [0.05, 0.1) is 12.7 Å². The third kappa shape index (κ3) is 4.22. The van der Waals surface area contributed by atoms with Crippen LogP contribution in [0.3, 0.4) is 0 Å². The molecule has 0 aliphatic carbocycles. The third-order valence-corrected chi connectivity index (χ3v) is 3.25. The molecule has 0 saturated carbocycles. The molecule has 1 heterocycles. The van der Waals surface area contributed by atoms with Gasteiger partial charge in [0.2, 0.25) is 0 Å². The molecule has 19 heavy (non-hydrogen) atoms. The first-order valence-corrected chi connectivity index (χ1v) is 6.65. The summed E-state index contributed by atoms with van der Waals surface area (Å²) in [7, 11) is 1.40. The minimum atomic E-state index is -0.300. The number of carbonyl (C=O) groups excluding carboxylic acids is 1. The summed E-state index contributed by atoms with van der Waals surface area (Å²) in [6.45, 7) is 6.23. The molecule has 1 aliphatic heterocycles. The molecule has 1 aliphatic rings. The van der Waals surface area contributed by atoms with E-state index in [1.807, 2.05) is 18.2 Å². The number of nitrogens with zero attached hydrogens (tertiary/aromatic N) is 1. The van der Waals surface area contributed by atoms with Gasteiger partial charge in [-0.25, -0.2) is 4.79 Å². The van der Waals surface area contributed by atoms with E-state index in [0.717, 1.165) is 45.0 Å². The standard InChI is InChI=1S/C14H21N3O2/c1-19-14(18)12-3-2-4-13(11-12)16-7-10-17-8-5-15-6-9-17/h2-4,11,15-16H,5-10H2,1H3. The number of methoxy groups -OCH3 is 1. The highest BCUT2D eigenvalue weighted by molar-refractivity contribution is 5.90. The van der Waals surface area contributed by atoms with Crippen molar-refractivity contribution in [1.29, 1.82) is 0 Å². The Labute approximate surface area is 113 Å². The first kappa shape index (κ1) is 13.8. The lowest BCUT2D eigenvalue weighted by molar-refractivity contribution is 0.0601. The molecule has 0 atom stereocenters. The van der Waals surface area contributed by atoms with Gasteiger partial charge in [0, 0.05) is 45.0 Å². The maximum Gasteiger partial charge on any atom is 0.337 e. The van der Waals surface area contributed by atoms with Crippen LogP contribution in [0.5, 0.6) is 0 Å². The molecule has 0 aromatic heterocycles. The van der Waals surface area contributed by atoms with Crippen LogP contribution in [0, 0.1) is 0 Å². The summed E-state index contributed by atoms with van der Waals surface area (Å²) >= 11 is 0. The number of esters is 1. The second kappa shape index (κ2) is 7.11. The predicted molar refractivity (Wildman–Crippen MR) is 75.6 cm³/mol. The number of piperazine rings is 1. The Bertz CT molecular complexity index is 417. The van der Waals surface area contributed by atoms with E-state index in [2.05, 4.69) is 15.5 Å². The van der Waals surface area contributed by atoms with Gasteiger partial charge in [0.25, 0.3) is 0 Å². The van der Waals surface area contributed by atoms with Crippen LogP contribution in [0.25, 0.3) is 0 Å². The van der Waals surface area contributed by atoms with E-state index < -0.39 is 0 Å². The van der Waals surface area contributed by atoms with Crippen LogP contribution in [0.15, 0.2) is 24.3 Å². The van der Waals surface area contributed by atoms with Gasteiger partial charge in [-0.05, 0) is 18.2 Å². The highest BCUT2D eigenvalue weighted by atomic mass is 16.5. The zero-order valence-corrected chi connectivity index (χ0v) is 11.3. The molecule has 1 aromatic carbocycles. The maximum absolute atomic E-state index is 11.4. The molecule has 2 rings (SSSR count). The highest BCUT2D eigenvalue weighted by Crippen LogP contribution is 2.11. The molecule has 5 heteroatoms. The minimum absolute atomic E-state index is 0.300. The topological polar surface area (TPSA) is 53.6 Å². The van der Waals surface area contributed by atoms with Crippen LogP contribution in [0.2, 0.25) is 0 Å². The Morgan fingerprint density at radius 2 is 2.21 bits per heavy atom. The van der Waals surface area contributed by atoms with Crippen LogP contribution in [-0.4, -0.2) is 57.2 Å². The monoisotopic (exact) mass is 263 g/mol. The summed E-state index contributed by atoms with van der Waals surface area (Å²) in [4.78, 5) is 13.8. The second-order valence-corrected chi connectivity index (χ2v) is 4.59. The number of carbonyl (C=O) groups is 1. The average Bonchev–Trinajstić information content (AvgIpc) is 2.48. The molecule has 1 aromatic rings. The molecule has 1 fully saturated rings. The molecular formula is C14H21N3O2. The van der Waals surface area contributed by atoms with Gasteiger partial charge in [-0.3, -0.25) is 4.90 Å². The Kier molecular flexibility index (Phi) is 5.18. The van der Waals surface area contributed by atoms with Crippen molar-refractivity contribution in [3.63, 3.8) is 0 Å². The van der Waals surface area contributed by atoms with E-state index in [0.29, 0.717) is 5.56 Å². The molecule has 1 saturated heterocycles. The van der Waals surface area contributed by atoms with E-state index >= 15 is 0 Å². The SMILES string of the molecule is COC(=O)c1cccc(NCCN2CCNCC2)c1. The number of rotatable bonds is 5. The van der Waals surface area contributed by atoms with Crippen molar-refractivity contribution in [3.05, 3.63) is 29.8 Å². The number of hydrogen-bond acceptors (Lipinski definition) is 5. The van der Waals surface area contributed by atoms with Gasteiger partial charge in [-0.1, -0.05) is 6.07 Å². The first-order valence-electron chi connectivity index (χ1n) is 6.65. The van der Waals surface area contributed by atoms with Crippen LogP contribution in [0.1, 0.15) is 10.4 Å². The molecular weight excluding hydrogens is 242 g/mol. The minimum Gasteiger partial charge on any atom is -0.465 e.